The van der Waals surface area contributed by atoms with Crippen molar-refractivity contribution in [1.29, 1.82) is 0 Å². The Bertz CT molecular complexity index is 702. The van der Waals surface area contributed by atoms with Crippen LogP contribution in [0, 0.1) is 0 Å². The van der Waals surface area contributed by atoms with Crippen LogP contribution >= 0.6 is 0 Å². The van der Waals surface area contributed by atoms with E-state index in [0.717, 1.165) is 16.9 Å². The molecule has 0 fully saturated rings. The molecule has 0 aliphatic heterocycles. The standard InChI is InChI=1S/C14H13N5/c1-2-8-19-10-17-12-13(15-9-16-14(12)19)18-11-6-4-3-5-7-11/h2-7,9-10H,1,8H2,(H,15,16,18). The van der Waals surface area contributed by atoms with E-state index < -0.39 is 0 Å². The van der Waals surface area contributed by atoms with Crippen LogP contribution in [-0.4, -0.2) is 19.5 Å². The number of aromatic nitrogens is 4. The minimum atomic E-state index is 0.679. The first-order chi connectivity index (χ1) is 9.38. The summed E-state index contributed by atoms with van der Waals surface area (Å²) in [5.74, 6) is 0.707. The second-order valence-electron chi connectivity index (χ2n) is 4.07. The summed E-state index contributed by atoms with van der Waals surface area (Å²) in [6.07, 6.45) is 5.10. The highest BCUT2D eigenvalue weighted by molar-refractivity contribution is 5.85. The van der Waals surface area contributed by atoms with E-state index in [4.69, 9.17) is 0 Å². The summed E-state index contributed by atoms with van der Waals surface area (Å²) < 4.78 is 1.93. The summed E-state index contributed by atoms with van der Waals surface area (Å²) in [7, 11) is 0. The molecule has 1 N–H and O–H groups in total. The summed E-state index contributed by atoms with van der Waals surface area (Å²) in [6, 6.07) is 9.87. The molecule has 94 valence electrons. The Kier molecular flexibility index (Phi) is 2.94. The Morgan fingerprint density at radius 2 is 2.00 bits per heavy atom. The second kappa shape index (κ2) is 4.89. The van der Waals surface area contributed by atoms with E-state index in [9.17, 15) is 0 Å². The van der Waals surface area contributed by atoms with Gasteiger partial charge in [0.15, 0.2) is 17.0 Å². The van der Waals surface area contributed by atoms with Gasteiger partial charge in [-0.3, -0.25) is 0 Å². The predicted octanol–water partition coefficient (Wildman–Crippen LogP) is 2.76. The van der Waals surface area contributed by atoms with Crippen LogP contribution in [0.3, 0.4) is 0 Å². The number of benzene rings is 1. The molecule has 0 spiro atoms. The zero-order chi connectivity index (χ0) is 13.1. The van der Waals surface area contributed by atoms with E-state index in [2.05, 4.69) is 26.8 Å². The number of imidazole rings is 1. The van der Waals surface area contributed by atoms with Gasteiger partial charge in [0.25, 0.3) is 0 Å². The summed E-state index contributed by atoms with van der Waals surface area (Å²) >= 11 is 0. The van der Waals surface area contributed by atoms with Crippen molar-refractivity contribution >= 4 is 22.7 Å². The lowest BCUT2D eigenvalue weighted by Crippen LogP contribution is -1.98. The molecule has 0 aliphatic rings. The molecule has 3 aromatic rings. The van der Waals surface area contributed by atoms with Crippen molar-refractivity contribution < 1.29 is 0 Å². The van der Waals surface area contributed by atoms with Crippen molar-refractivity contribution in [2.45, 2.75) is 6.54 Å². The average molecular weight is 251 g/mol. The van der Waals surface area contributed by atoms with Crippen LogP contribution in [0.25, 0.3) is 11.2 Å². The zero-order valence-electron chi connectivity index (χ0n) is 10.3. The summed E-state index contributed by atoms with van der Waals surface area (Å²) in [4.78, 5) is 12.9. The van der Waals surface area contributed by atoms with Crippen LogP contribution in [0.2, 0.25) is 0 Å². The highest BCUT2D eigenvalue weighted by atomic mass is 15.1. The topological polar surface area (TPSA) is 55.6 Å². The fourth-order valence-corrected chi connectivity index (χ4v) is 1.90. The predicted molar refractivity (Wildman–Crippen MR) is 75.2 cm³/mol. The summed E-state index contributed by atoms with van der Waals surface area (Å²) in [6.45, 7) is 4.40. The third-order valence-electron chi connectivity index (χ3n) is 2.76. The maximum atomic E-state index is 4.36. The van der Waals surface area contributed by atoms with Gasteiger partial charge in [-0.1, -0.05) is 24.3 Å². The number of fused-ring (bicyclic) bond motifs is 1. The molecule has 5 nitrogen and oxygen atoms in total. The molecule has 5 heteroatoms. The maximum absolute atomic E-state index is 4.36. The molecule has 2 aromatic heterocycles. The van der Waals surface area contributed by atoms with Crippen molar-refractivity contribution in [1.82, 2.24) is 19.5 Å². The van der Waals surface area contributed by atoms with Crippen molar-refractivity contribution in [3.05, 3.63) is 55.6 Å². The van der Waals surface area contributed by atoms with Gasteiger partial charge < -0.3 is 9.88 Å². The molecule has 0 unspecified atom stereocenters. The molecule has 0 aliphatic carbocycles. The van der Waals surface area contributed by atoms with Gasteiger partial charge in [-0.15, -0.1) is 6.58 Å². The van der Waals surface area contributed by atoms with Crippen molar-refractivity contribution in [2.75, 3.05) is 5.32 Å². The number of nitrogens with zero attached hydrogens (tertiary/aromatic N) is 4. The minimum absolute atomic E-state index is 0.679. The monoisotopic (exact) mass is 251 g/mol. The van der Waals surface area contributed by atoms with Gasteiger partial charge in [0.05, 0.1) is 6.33 Å². The minimum Gasteiger partial charge on any atom is -0.338 e. The molecule has 0 atom stereocenters. The molecule has 0 bridgehead atoms. The van der Waals surface area contributed by atoms with Crippen molar-refractivity contribution in [3.63, 3.8) is 0 Å². The lowest BCUT2D eigenvalue weighted by Gasteiger charge is -2.05. The normalized spacial score (nSPS) is 10.5. The molecule has 0 saturated heterocycles. The van der Waals surface area contributed by atoms with E-state index in [-0.39, 0.29) is 0 Å². The first-order valence-electron chi connectivity index (χ1n) is 5.97. The van der Waals surface area contributed by atoms with Gasteiger partial charge >= 0.3 is 0 Å². The largest absolute Gasteiger partial charge is 0.338 e. The third-order valence-corrected chi connectivity index (χ3v) is 2.76. The fraction of sp³-hybridized carbons (Fsp3) is 0.0714. The second-order valence-corrected chi connectivity index (χ2v) is 4.07. The Morgan fingerprint density at radius 1 is 1.16 bits per heavy atom. The van der Waals surface area contributed by atoms with Gasteiger partial charge in [0.2, 0.25) is 0 Å². The fourth-order valence-electron chi connectivity index (χ4n) is 1.90. The van der Waals surface area contributed by atoms with Gasteiger partial charge in [-0.05, 0) is 12.1 Å². The Labute approximate surface area is 110 Å². The zero-order valence-corrected chi connectivity index (χ0v) is 10.3. The molecule has 0 radical (unpaired) electrons. The smallest absolute Gasteiger partial charge is 0.165 e. The first kappa shape index (κ1) is 11.4. The Balaban J connectivity index is 2.02. The average Bonchev–Trinajstić information content (AvgIpc) is 2.85. The lowest BCUT2D eigenvalue weighted by molar-refractivity contribution is 0.838. The quantitative estimate of drug-likeness (QED) is 0.724. The number of rotatable bonds is 4. The summed E-state index contributed by atoms with van der Waals surface area (Å²) in [5.41, 5.74) is 2.53. The van der Waals surface area contributed by atoms with Crippen LogP contribution < -0.4 is 5.32 Å². The number of hydrogen-bond donors (Lipinski definition) is 1. The van der Waals surface area contributed by atoms with Crippen molar-refractivity contribution in [3.8, 4) is 0 Å². The third kappa shape index (κ3) is 2.18. The van der Waals surface area contributed by atoms with Gasteiger partial charge in [0, 0.05) is 12.2 Å². The number of anilines is 2. The van der Waals surface area contributed by atoms with E-state index in [1.54, 1.807) is 6.33 Å². The molecular formula is C14H13N5. The van der Waals surface area contributed by atoms with Gasteiger partial charge in [0.1, 0.15) is 6.33 Å². The Morgan fingerprint density at radius 3 is 2.79 bits per heavy atom. The molecule has 19 heavy (non-hydrogen) atoms. The lowest BCUT2D eigenvalue weighted by atomic mass is 10.3. The van der Waals surface area contributed by atoms with Gasteiger partial charge in [-0.2, -0.15) is 0 Å². The molecule has 0 saturated carbocycles. The molecule has 1 aromatic carbocycles. The van der Waals surface area contributed by atoms with E-state index in [1.807, 2.05) is 41.0 Å². The molecule has 0 amide bonds. The summed E-state index contributed by atoms with van der Waals surface area (Å²) in [5, 5.41) is 3.25. The van der Waals surface area contributed by atoms with Gasteiger partial charge in [-0.25, -0.2) is 15.0 Å². The molecule has 3 rings (SSSR count). The van der Waals surface area contributed by atoms with Crippen LogP contribution in [-0.2, 0) is 6.54 Å². The van der Waals surface area contributed by atoms with E-state index in [0.29, 0.717) is 12.4 Å². The SMILES string of the molecule is C=CCn1cnc2c(Nc3ccccc3)ncnc21. The molecule has 2 heterocycles. The first-order valence-corrected chi connectivity index (χ1v) is 5.97. The highest BCUT2D eigenvalue weighted by Crippen LogP contribution is 2.21. The van der Waals surface area contributed by atoms with E-state index >= 15 is 0 Å². The maximum Gasteiger partial charge on any atom is 0.165 e. The van der Waals surface area contributed by atoms with E-state index in [1.165, 1.54) is 6.33 Å². The Hall–Kier alpha value is -2.69. The van der Waals surface area contributed by atoms with Crippen molar-refractivity contribution in [2.24, 2.45) is 0 Å². The van der Waals surface area contributed by atoms with Crippen LogP contribution in [0.15, 0.2) is 55.6 Å². The number of para-hydroxylation sites is 1. The highest BCUT2D eigenvalue weighted by Gasteiger charge is 2.09. The number of hydrogen-bond acceptors (Lipinski definition) is 4. The molecular weight excluding hydrogens is 238 g/mol. The van der Waals surface area contributed by atoms with Crippen LogP contribution in [0.4, 0.5) is 11.5 Å². The van der Waals surface area contributed by atoms with Crippen LogP contribution in [0.1, 0.15) is 0 Å². The number of nitrogens with one attached hydrogen (secondary N) is 1. The number of allylic oxidation sites excluding steroid dienone is 1. The van der Waals surface area contributed by atoms with Crippen LogP contribution in [0.5, 0.6) is 0 Å².